The van der Waals surface area contributed by atoms with Crippen molar-refractivity contribution in [3.63, 3.8) is 0 Å². The number of hydrogen-bond donors (Lipinski definition) is 1. The average Bonchev–Trinajstić information content (AvgIpc) is 2.46. The van der Waals surface area contributed by atoms with Gasteiger partial charge in [-0.3, -0.25) is 4.98 Å². The predicted octanol–water partition coefficient (Wildman–Crippen LogP) is 2.27. The van der Waals surface area contributed by atoms with E-state index in [0.29, 0.717) is 12.3 Å². The van der Waals surface area contributed by atoms with Gasteiger partial charge < -0.3 is 14.7 Å². The topological polar surface area (TPSA) is 62.7 Å². The van der Waals surface area contributed by atoms with Crippen LogP contribution in [0.15, 0.2) is 42.6 Å². The maximum absolute atomic E-state index is 10.6. The van der Waals surface area contributed by atoms with Crippen molar-refractivity contribution in [2.45, 2.75) is 6.54 Å². The molecule has 0 amide bonds. The number of ether oxygens (including phenoxy) is 1. The summed E-state index contributed by atoms with van der Waals surface area (Å²) >= 11 is 0. The van der Waals surface area contributed by atoms with E-state index in [-0.39, 0.29) is 6.61 Å². The van der Waals surface area contributed by atoms with Crippen molar-refractivity contribution in [2.75, 3.05) is 20.7 Å². The lowest BCUT2D eigenvalue weighted by molar-refractivity contribution is -0.139. The fourth-order valence-electron chi connectivity index (χ4n) is 2.02. The molecule has 0 saturated heterocycles. The van der Waals surface area contributed by atoms with Crippen molar-refractivity contribution in [3.8, 4) is 17.0 Å². The predicted molar refractivity (Wildman–Crippen MR) is 80.2 cm³/mol. The minimum absolute atomic E-state index is 0.344. The number of nitrogens with zero attached hydrogens (tertiary/aromatic N) is 2. The second kappa shape index (κ2) is 6.85. The first-order chi connectivity index (χ1) is 10.1. The first-order valence-corrected chi connectivity index (χ1v) is 6.60. The molecule has 21 heavy (non-hydrogen) atoms. The standard InChI is InChI=1S/C16H18N2O3/c1-18(2)10-13-9-12(14-5-3-4-8-17-14)6-7-15(13)21-11-16(19)20/h3-9H,10-11H2,1-2H3,(H,19,20). The number of carboxylic acid groups (broad SMARTS) is 1. The summed E-state index contributed by atoms with van der Waals surface area (Å²) < 4.78 is 5.34. The molecule has 0 saturated carbocycles. The molecule has 5 heteroatoms. The monoisotopic (exact) mass is 286 g/mol. The smallest absolute Gasteiger partial charge is 0.341 e. The molecular weight excluding hydrogens is 268 g/mol. The van der Waals surface area contributed by atoms with Gasteiger partial charge in [-0.1, -0.05) is 6.07 Å². The van der Waals surface area contributed by atoms with Crippen LogP contribution in [0, 0.1) is 0 Å². The van der Waals surface area contributed by atoms with Crippen molar-refractivity contribution in [1.29, 1.82) is 0 Å². The average molecular weight is 286 g/mol. The summed E-state index contributed by atoms with van der Waals surface area (Å²) in [6, 6.07) is 11.4. The molecule has 1 N–H and O–H groups in total. The molecule has 1 aromatic carbocycles. The molecule has 0 fully saturated rings. The number of aliphatic carboxylic acids is 1. The molecule has 0 aliphatic carbocycles. The Hall–Kier alpha value is -2.40. The SMILES string of the molecule is CN(C)Cc1cc(-c2ccccn2)ccc1OCC(=O)O. The molecule has 2 rings (SSSR count). The van der Waals surface area contributed by atoms with Crippen molar-refractivity contribution in [3.05, 3.63) is 48.2 Å². The molecule has 110 valence electrons. The van der Waals surface area contributed by atoms with Crippen molar-refractivity contribution in [2.24, 2.45) is 0 Å². The summed E-state index contributed by atoms with van der Waals surface area (Å²) in [7, 11) is 3.91. The van der Waals surface area contributed by atoms with E-state index in [4.69, 9.17) is 9.84 Å². The lowest BCUT2D eigenvalue weighted by Gasteiger charge is -2.15. The van der Waals surface area contributed by atoms with E-state index in [9.17, 15) is 4.79 Å². The Kier molecular flexibility index (Phi) is 4.90. The largest absolute Gasteiger partial charge is 0.482 e. The van der Waals surface area contributed by atoms with Gasteiger partial charge in [0.2, 0.25) is 0 Å². The van der Waals surface area contributed by atoms with E-state index < -0.39 is 5.97 Å². The van der Waals surface area contributed by atoms with E-state index in [0.717, 1.165) is 16.8 Å². The fourth-order valence-corrected chi connectivity index (χ4v) is 2.02. The third-order valence-electron chi connectivity index (χ3n) is 2.86. The first kappa shape index (κ1) is 15.0. The highest BCUT2D eigenvalue weighted by molar-refractivity contribution is 5.69. The minimum atomic E-state index is -0.986. The van der Waals surface area contributed by atoms with Gasteiger partial charge >= 0.3 is 5.97 Å². The van der Waals surface area contributed by atoms with E-state index >= 15 is 0 Å². The molecular formula is C16H18N2O3. The van der Waals surface area contributed by atoms with Crippen LogP contribution in [0.4, 0.5) is 0 Å². The summed E-state index contributed by atoms with van der Waals surface area (Å²) in [4.78, 5) is 17.0. The second-order valence-corrected chi connectivity index (χ2v) is 4.96. The fraction of sp³-hybridized carbons (Fsp3) is 0.250. The van der Waals surface area contributed by atoms with Gasteiger partial charge in [-0.15, -0.1) is 0 Å². The zero-order valence-corrected chi connectivity index (χ0v) is 12.1. The van der Waals surface area contributed by atoms with Crippen LogP contribution in [0.2, 0.25) is 0 Å². The Morgan fingerprint density at radius 1 is 1.29 bits per heavy atom. The highest BCUT2D eigenvalue weighted by Crippen LogP contribution is 2.26. The van der Waals surface area contributed by atoms with Crippen LogP contribution in [0.25, 0.3) is 11.3 Å². The van der Waals surface area contributed by atoms with Crippen molar-refractivity contribution >= 4 is 5.97 Å². The van der Waals surface area contributed by atoms with Gasteiger partial charge in [0.1, 0.15) is 5.75 Å². The molecule has 1 aromatic heterocycles. The normalized spacial score (nSPS) is 10.6. The van der Waals surface area contributed by atoms with Gasteiger partial charge in [0, 0.05) is 23.9 Å². The highest BCUT2D eigenvalue weighted by atomic mass is 16.5. The zero-order chi connectivity index (χ0) is 15.2. The Labute approximate surface area is 123 Å². The molecule has 0 radical (unpaired) electrons. The molecule has 0 unspecified atom stereocenters. The zero-order valence-electron chi connectivity index (χ0n) is 12.1. The first-order valence-electron chi connectivity index (χ1n) is 6.60. The summed E-state index contributed by atoms with van der Waals surface area (Å²) in [5, 5.41) is 8.73. The van der Waals surface area contributed by atoms with Gasteiger partial charge in [0.05, 0.1) is 5.69 Å². The summed E-state index contributed by atoms with van der Waals surface area (Å²) in [5.74, 6) is -0.398. The Balaban J connectivity index is 2.32. The van der Waals surface area contributed by atoms with E-state index in [2.05, 4.69) is 4.98 Å². The van der Waals surface area contributed by atoms with Gasteiger partial charge in [-0.25, -0.2) is 4.79 Å². The lowest BCUT2D eigenvalue weighted by atomic mass is 10.1. The third-order valence-corrected chi connectivity index (χ3v) is 2.86. The number of pyridine rings is 1. The van der Waals surface area contributed by atoms with Crippen LogP contribution in [0.1, 0.15) is 5.56 Å². The molecule has 1 heterocycles. The van der Waals surface area contributed by atoms with Crippen LogP contribution in [-0.2, 0) is 11.3 Å². The Morgan fingerprint density at radius 3 is 2.71 bits per heavy atom. The van der Waals surface area contributed by atoms with Gasteiger partial charge in [0.15, 0.2) is 6.61 Å². The van der Waals surface area contributed by atoms with E-state index in [1.807, 2.05) is 49.3 Å². The Morgan fingerprint density at radius 2 is 2.10 bits per heavy atom. The van der Waals surface area contributed by atoms with Gasteiger partial charge in [0.25, 0.3) is 0 Å². The van der Waals surface area contributed by atoms with Gasteiger partial charge in [-0.05, 0) is 44.4 Å². The van der Waals surface area contributed by atoms with Crippen LogP contribution in [-0.4, -0.2) is 41.7 Å². The molecule has 5 nitrogen and oxygen atoms in total. The number of rotatable bonds is 6. The van der Waals surface area contributed by atoms with Crippen molar-refractivity contribution in [1.82, 2.24) is 9.88 Å². The van der Waals surface area contributed by atoms with Crippen molar-refractivity contribution < 1.29 is 14.6 Å². The molecule has 0 aliphatic rings. The molecule has 0 bridgehead atoms. The summed E-state index contributed by atoms with van der Waals surface area (Å²) in [6.07, 6.45) is 1.75. The van der Waals surface area contributed by atoms with E-state index in [1.54, 1.807) is 12.3 Å². The summed E-state index contributed by atoms with van der Waals surface area (Å²) in [5.41, 5.74) is 2.79. The molecule has 0 atom stereocenters. The Bertz CT molecular complexity index is 612. The lowest BCUT2D eigenvalue weighted by Crippen LogP contribution is -2.14. The number of aromatic nitrogens is 1. The minimum Gasteiger partial charge on any atom is -0.482 e. The highest BCUT2D eigenvalue weighted by Gasteiger charge is 2.10. The molecule has 0 aliphatic heterocycles. The maximum atomic E-state index is 10.6. The quantitative estimate of drug-likeness (QED) is 0.882. The molecule has 0 spiro atoms. The van der Waals surface area contributed by atoms with Crippen LogP contribution >= 0.6 is 0 Å². The van der Waals surface area contributed by atoms with E-state index in [1.165, 1.54) is 0 Å². The van der Waals surface area contributed by atoms with Crippen LogP contribution in [0.5, 0.6) is 5.75 Å². The third kappa shape index (κ3) is 4.29. The second-order valence-electron chi connectivity index (χ2n) is 4.96. The number of carbonyl (C=O) groups is 1. The molecule has 2 aromatic rings. The summed E-state index contributed by atoms with van der Waals surface area (Å²) in [6.45, 7) is 0.318. The number of hydrogen-bond acceptors (Lipinski definition) is 4. The maximum Gasteiger partial charge on any atom is 0.341 e. The number of carboxylic acids is 1. The van der Waals surface area contributed by atoms with Gasteiger partial charge in [-0.2, -0.15) is 0 Å². The number of benzene rings is 1. The van der Waals surface area contributed by atoms with Crippen LogP contribution in [0.3, 0.4) is 0 Å². The van der Waals surface area contributed by atoms with Crippen LogP contribution < -0.4 is 4.74 Å².